The average molecular weight is 193 g/mol. The Morgan fingerprint density at radius 1 is 1.14 bits per heavy atom. The molecule has 0 radical (unpaired) electrons. The van der Waals surface area contributed by atoms with E-state index in [1.54, 1.807) is 0 Å². The van der Waals surface area contributed by atoms with E-state index in [1.165, 1.54) is 0 Å². The van der Waals surface area contributed by atoms with Crippen LogP contribution in [-0.4, -0.2) is 23.9 Å². The average Bonchev–Trinajstić information content (AvgIpc) is 2.00. The van der Waals surface area contributed by atoms with Crippen molar-refractivity contribution >= 4 is 5.91 Å². The zero-order valence-electron chi connectivity index (χ0n) is 9.39. The molecule has 1 aliphatic heterocycles. The SMILES string of the molecule is CC(C)(C)C(=O)N1CCC#CCCC1. The van der Waals surface area contributed by atoms with Gasteiger partial charge in [-0.25, -0.2) is 0 Å². The van der Waals surface area contributed by atoms with Crippen LogP contribution in [-0.2, 0) is 4.79 Å². The Hall–Kier alpha value is -0.970. The third-order valence-corrected chi connectivity index (χ3v) is 2.29. The first-order valence-electron chi connectivity index (χ1n) is 5.27. The van der Waals surface area contributed by atoms with Crippen LogP contribution in [0.5, 0.6) is 0 Å². The maximum absolute atomic E-state index is 12.0. The van der Waals surface area contributed by atoms with Gasteiger partial charge in [0.15, 0.2) is 0 Å². The van der Waals surface area contributed by atoms with Gasteiger partial charge < -0.3 is 4.90 Å². The van der Waals surface area contributed by atoms with Gasteiger partial charge in [-0.2, -0.15) is 0 Å². The summed E-state index contributed by atoms with van der Waals surface area (Å²) in [6.07, 6.45) is 2.75. The minimum Gasteiger partial charge on any atom is -0.341 e. The molecule has 0 spiro atoms. The lowest BCUT2D eigenvalue weighted by molar-refractivity contribution is -0.139. The number of nitrogens with zero attached hydrogens (tertiary/aromatic N) is 1. The number of hydrogen-bond acceptors (Lipinski definition) is 1. The first kappa shape index (κ1) is 11.1. The Morgan fingerprint density at radius 2 is 1.79 bits per heavy atom. The zero-order valence-corrected chi connectivity index (χ0v) is 9.39. The number of hydrogen-bond donors (Lipinski definition) is 0. The molecule has 14 heavy (non-hydrogen) atoms. The van der Waals surface area contributed by atoms with Crippen LogP contribution in [0.25, 0.3) is 0 Å². The van der Waals surface area contributed by atoms with Gasteiger partial charge in [0.2, 0.25) is 5.91 Å². The molecule has 2 heteroatoms. The maximum Gasteiger partial charge on any atom is 0.227 e. The Kier molecular flexibility index (Phi) is 3.57. The van der Waals surface area contributed by atoms with E-state index in [-0.39, 0.29) is 11.3 Å². The van der Waals surface area contributed by atoms with E-state index in [4.69, 9.17) is 0 Å². The smallest absolute Gasteiger partial charge is 0.227 e. The normalized spacial score (nSPS) is 17.8. The summed E-state index contributed by atoms with van der Waals surface area (Å²) in [5.41, 5.74) is -0.257. The fourth-order valence-electron chi connectivity index (χ4n) is 1.52. The van der Waals surface area contributed by atoms with E-state index < -0.39 is 0 Å². The van der Waals surface area contributed by atoms with Crippen LogP contribution < -0.4 is 0 Å². The maximum atomic E-state index is 12.0. The molecule has 0 aromatic carbocycles. The first-order valence-corrected chi connectivity index (χ1v) is 5.27. The Bertz CT molecular complexity index is 264. The van der Waals surface area contributed by atoms with Crippen LogP contribution in [0.1, 0.15) is 40.0 Å². The Morgan fingerprint density at radius 3 is 2.43 bits per heavy atom. The number of carbonyl (C=O) groups excluding carboxylic acids is 1. The summed E-state index contributed by atoms with van der Waals surface area (Å²) < 4.78 is 0. The van der Waals surface area contributed by atoms with Gasteiger partial charge in [-0.05, 0) is 6.42 Å². The van der Waals surface area contributed by atoms with Gasteiger partial charge >= 0.3 is 0 Å². The van der Waals surface area contributed by atoms with E-state index in [1.807, 2.05) is 25.7 Å². The van der Waals surface area contributed by atoms with Crippen molar-refractivity contribution in [2.24, 2.45) is 5.41 Å². The van der Waals surface area contributed by atoms with Crippen LogP contribution in [0.2, 0.25) is 0 Å². The molecule has 0 aromatic heterocycles. The van der Waals surface area contributed by atoms with Crippen LogP contribution >= 0.6 is 0 Å². The van der Waals surface area contributed by atoms with Crippen LogP contribution in [0.4, 0.5) is 0 Å². The highest BCUT2D eigenvalue weighted by Gasteiger charge is 2.26. The summed E-state index contributed by atoms with van der Waals surface area (Å²) in [7, 11) is 0. The van der Waals surface area contributed by atoms with E-state index in [9.17, 15) is 4.79 Å². The quantitative estimate of drug-likeness (QED) is 0.539. The molecule has 0 unspecified atom stereocenters. The summed E-state index contributed by atoms with van der Waals surface area (Å²) in [4.78, 5) is 13.9. The summed E-state index contributed by atoms with van der Waals surface area (Å²) >= 11 is 0. The molecule has 1 aliphatic rings. The molecule has 0 aliphatic carbocycles. The number of rotatable bonds is 0. The van der Waals surface area contributed by atoms with Gasteiger partial charge in [0.05, 0.1) is 0 Å². The van der Waals surface area contributed by atoms with Crippen LogP contribution in [0.3, 0.4) is 0 Å². The lowest BCUT2D eigenvalue weighted by Gasteiger charge is -2.29. The molecule has 0 saturated carbocycles. The highest BCUT2D eigenvalue weighted by Crippen LogP contribution is 2.18. The van der Waals surface area contributed by atoms with Crippen LogP contribution in [0, 0.1) is 17.3 Å². The van der Waals surface area contributed by atoms with Crippen molar-refractivity contribution in [3.8, 4) is 11.8 Å². The minimum atomic E-state index is -0.257. The molecule has 0 atom stereocenters. The summed E-state index contributed by atoms with van der Waals surface area (Å²) in [5, 5.41) is 0. The topological polar surface area (TPSA) is 20.3 Å². The van der Waals surface area contributed by atoms with E-state index in [0.29, 0.717) is 0 Å². The van der Waals surface area contributed by atoms with Crippen molar-refractivity contribution in [1.82, 2.24) is 4.90 Å². The molecular formula is C12H19NO. The molecule has 0 saturated heterocycles. The molecular weight excluding hydrogens is 174 g/mol. The monoisotopic (exact) mass is 193 g/mol. The van der Waals surface area contributed by atoms with E-state index in [0.717, 1.165) is 32.4 Å². The second-order valence-electron chi connectivity index (χ2n) is 4.75. The van der Waals surface area contributed by atoms with Gasteiger partial charge in [0.1, 0.15) is 0 Å². The fraction of sp³-hybridized carbons (Fsp3) is 0.750. The van der Waals surface area contributed by atoms with Gasteiger partial charge in [-0.15, -0.1) is 11.8 Å². The van der Waals surface area contributed by atoms with E-state index >= 15 is 0 Å². The summed E-state index contributed by atoms with van der Waals surface area (Å²) in [5.74, 6) is 6.43. The molecule has 1 heterocycles. The molecule has 1 rings (SSSR count). The van der Waals surface area contributed by atoms with Gasteiger partial charge in [0.25, 0.3) is 0 Å². The van der Waals surface area contributed by atoms with Crippen molar-refractivity contribution in [3.05, 3.63) is 0 Å². The highest BCUT2D eigenvalue weighted by atomic mass is 16.2. The fourth-order valence-corrected chi connectivity index (χ4v) is 1.52. The first-order chi connectivity index (χ1) is 6.52. The van der Waals surface area contributed by atoms with E-state index in [2.05, 4.69) is 11.8 Å². The van der Waals surface area contributed by atoms with Gasteiger partial charge in [0, 0.05) is 31.3 Å². The largest absolute Gasteiger partial charge is 0.341 e. The molecule has 1 amide bonds. The van der Waals surface area contributed by atoms with Crippen molar-refractivity contribution in [3.63, 3.8) is 0 Å². The van der Waals surface area contributed by atoms with Crippen molar-refractivity contribution in [2.45, 2.75) is 40.0 Å². The molecule has 0 fully saturated rings. The van der Waals surface area contributed by atoms with Gasteiger partial charge in [-0.1, -0.05) is 20.8 Å². The van der Waals surface area contributed by atoms with Gasteiger partial charge in [-0.3, -0.25) is 4.79 Å². The van der Waals surface area contributed by atoms with Crippen LogP contribution in [0.15, 0.2) is 0 Å². The molecule has 0 bridgehead atoms. The molecule has 78 valence electrons. The standard InChI is InChI=1S/C12H19NO/c1-12(2,3)11(14)13-9-7-5-4-6-8-10-13/h5,7-10H2,1-3H3. The molecule has 0 aromatic rings. The summed E-state index contributed by atoms with van der Waals surface area (Å²) in [6.45, 7) is 7.58. The predicted molar refractivity (Wildman–Crippen MR) is 57.7 cm³/mol. The van der Waals surface area contributed by atoms with Crippen molar-refractivity contribution in [1.29, 1.82) is 0 Å². The minimum absolute atomic E-state index is 0.251. The second kappa shape index (κ2) is 4.50. The number of carbonyl (C=O) groups is 1. The molecule has 0 N–H and O–H groups in total. The van der Waals surface area contributed by atoms with Crippen molar-refractivity contribution < 1.29 is 4.79 Å². The van der Waals surface area contributed by atoms with Crippen molar-refractivity contribution in [2.75, 3.05) is 13.1 Å². The lowest BCUT2D eigenvalue weighted by Crippen LogP contribution is -2.40. The third-order valence-electron chi connectivity index (χ3n) is 2.29. The Labute approximate surface area is 86.7 Å². The highest BCUT2D eigenvalue weighted by molar-refractivity contribution is 5.81. The zero-order chi connectivity index (χ0) is 10.6. The Balaban J connectivity index is 2.60. The molecule has 2 nitrogen and oxygen atoms in total. The predicted octanol–water partition coefficient (Wildman–Crippen LogP) is 2.05. The third kappa shape index (κ3) is 3.06. The second-order valence-corrected chi connectivity index (χ2v) is 4.75. The summed E-state index contributed by atoms with van der Waals surface area (Å²) in [6, 6.07) is 0. The lowest BCUT2D eigenvalue weighted by atomic mass is 9.94. The number of amides is 1.